The molecule has 1 N–H and O–H groups in total. The van der Waals surface area contributed by atoms with Gasteiger partial charge in [0, 0.05) is 18.5 Å². The van der Waals surface area contributed by atoms with Crippen molar-refractivity contribution in [2.24, 2.45) is 5.92 Å². The summed E-state index contributed by atoms with van der Waals surface area (Å²) in [6.45, 7) is 9.45. The molecule has 1 aliphatic rings. The van der Waals surface area contributed by atoms with Crippen molar-refractivity contribution in [1.29, 1.82) is 0 Å². The largest absolute Gasteiger partial charge is 0.474 e. The van der Waals surface area contributed by atoms with Crippen LogP contribution in [0.5, 0.6) is 5.88 Å². The zero-order valence-corrected chi connectivity index (χ0v) is 12.4. The Morgan fingerprint density at radius 2 is 2.05 bits per heavy atom. The van der Waals surface area contributed by atoms with Crippen molar-refractivity contribution < 1.29 is 4.74 Å². The topological polar surface area (TPSA) is 47.0 Å². The maximum Gasteiger partial charge on any atom is 0.218 e. The van der Waals surface area contributed by atoms with E-state index in [-0.39, 0.29) is 6.10 Å². The van der Waals surface area contributed by atoms with Crippen LogP contribution in [0.2, 0.25) is 0 Å². The zero-order valence-electron chi connectivity index (χ0n) is 12.4. The zero-order chi connectivity index (χ0) is 13.8. The Bertz CT molecular complexity index is 416. The van der Waals surface area contributed by atoms with Gasteiger partial charge in [-0.1, -0.05) is 13.8 Å². The Morgan fingerprint density at radius 1 is 1.32 bits per heavy atom. The summed E-state index contributed by atoms with van der Waals surface area (Å²) in [5, 5.41) is 3.25. The number of nitrogens with zero attached hydrogens (tertiary/aromatic N) is 2. The maximum atomic E-state index is 5.94. The molecular weight excluding hydrogens is 238 g/mol. The molecule has 19 heavy (non-hydrogen) atoms. The second kappa shape index (κ2) is 6.22. The molecule has 1 aromatic heterocycles. The Hall–Kier alpha value is -1.32. The van der Waals surface area contributed by atoms with Crippen molar-refractivity contribution in [3.8, 4) is 5.88 Å². The predicted octanol–water partition coefficient (Wildman–Crippen LogP) is 3.60. The highest BCUT2D eigenvalue weighted by molar-refractivity contribution is 5.39. The van der Waals surface area contributed by atoms with E-state index < -0.39 is 0 Å². The van der Waals surface area contributed by atoms with Crippen molar-refractivity contribution >= 4 is 5.82 Å². The molecule has 1 aromatic rings. The molecular formula is C15H25N3O. The van der Waals surface area contributed by atoms with Gasteiger partial charge in [0.2, 0.25) is 5.88 Å². The fourth-order valence-corrected chi connectivity index (χ4v) is 2.22. The lowest BCUT2D eigenvalue weighted by Crippen LogP contribution is -2.16. The third-order valence-corrected chi connectivity index (χ3v) is 3.15. The molecule has 1 unspecified atom stereocenters. The number of rotatable bonds is 7. The van der Waals surface area contributed by atoms with Crippen LogP contribution in [-0.2, 0) is 0 Å². The van der Waals surface area contributed by atoms with Gasteiger partial charge in [0.15, 0.2) is 0 Å². The van der Waals surface area contributed by atoms with Gasteiger partial charge in [-0.3, -0.25) is 0 Å². The van der Waals surface area contributed by atoms with Crippen LogP contribution in [0.4, 0.5) is 5.82 Å². The molecule has 0 aromatic carbocycles. The van der Waals surface area contributed by atoms with Gasteiger partial charge >= 0.3 is 0 Å². The van der Waals surface area contributed by atoms with Crippen molar-refractivity contribution in [2.45, 2.75) is 59.0 Å². The summed E-state index contributed by atoms with van der Waals surface area (Å²) in [5.41, 5.74) is 0. The van der Waals surface area contributed by atoms with Crippen LogP contribution in [0.25, 0.3) is 0 Å². The van der Waals surface area contributed by atoms with Gasteiger partial charge < -0.3 is 10.1 Å². The summed E-state index contributed by atoms with van der Waals surface area (Å²) in [6.07, 6.45) is 3.64. The number of anilines is 1. The molecule has 0 saturated heterocycles. The Kier molecular flexibility index (Phi) is 4.61. The molecule has 4 nitrogen and oxygen atoms in total. The molecule has 1 aliphatic carbocycles. The van der Waals surface area contributed by atoms with Gasteiger partial charge in [-0.05, 0) is 39.0 Å². The van der Waals surface area contributed by atoms with Crippen molar-refractivity contribution in [1.82, 2.24) is 9.97 Å². The molecule has 1 saturated carbocycles. The molecule has 0 spiro atoms. The number of hydrogen-bond donors (Lipinski definition) is 1. The molecule has 1 heterocycles. The molecule has 2 rings (SSSR count). The highest BCUT2D eigenvalue weighted by Crippen LogP contribution is 2.39. The first-order valence-corrected chi connectivity index (χ1v) is 7.38. The van der Waals surface area contributed by atoms with Gasteiger partial charge in [-0.15, -0.1) is 0 Å². The third-order valence-electron chi connectivity index (χ3n) is 3.15. The molecule has 0 bridgehead atoms. The van der Waals surface area contributed by atoms with E-state index in [0.29, 0.717) is 17.7 Å². The van der Waals surface area contributed by atoms with Gasteiger partial charge in [0.25, 0.3) is 0 Å². The molecule has 4 heteroatoms. The summed E-state index contributed by atoms with van der Waals surface area (Å²) in [6, 6.07) is 1.91. The van der Waals surface area contributed by atoms with Crippen LogP contribution < -0.4 is 10.1 Å². The smallest absolute Gasteiger partial charge is 0.218 e. The van der Waals surface area contributed by atoms with Gasteiger partial charge in [0.1, 0.15) is 11.6 Å². The third kappa shape index (κ3) is 4.37. The maximum absolute atomic E-state index is 5.94. The van der Waals surface area contributed by atoms with E-state index in [0.717, 1.165) is 24.6 Å². The van der Waals surface area contributed by atoms with E-state index in [1.165, 1.54) is 12.8 Å². The summed E-state index contributed by atoms with van der Waals surface area (Å²) in [7, 11) is 0. The second-order valence-corrected chi connectivity index (χ2v) is 5.81. The van der Waals surface area contributed by atoms with E-state index in [1.807, 2.05) is 6.07 Å². The van der Waals surface area contributed by atoms with Crippen LogP contribution in [0.15, 0.2) is 6.07 Å². The average Bonchev–Trinajstić information content (AvgIpc) is 3.11. The first-order chi connectivity index (χ1) is 9.08. The molecule has 1 fully saturated rings. The van der Waals surface area contributed by atoms with Crippen molar-refractivity contribution in [3.63, 3.8) is 0 Å². The van der Waals surface area contributed by atoms with Crippen LogP contribution in [-0.4, -0.2) is 22.6 Å². The molecule has 0 radical (unpaired) electrons. The Balaban J connectivity index is 2.09. The van der Waals surface area contributed by atoms with Crippen molar-refractivity contribution in [2.75, 3.05) is 11.9 Å². The molecule has 1 atom stereocenters. The van der Waals surface area contributed by atoms with E-state index >= 15 is 0 Å². The Labute approximate surface area is 116 Å². The second-order valence-electron chi connectivity index (χ2n) is 5.81. The van der Waals surface area contributed by atoms with Gasteiger partial charge in [-0.2, -0.15) is 4.98 Å². The highest BCUT2D eigenvalue weighted by Gasteiger charge is 2.27. The first kappa shape index (κ1) is 14.1. The Morgan fingerprint density at radius 3 is 2.63 bits per heavy atom. The van der Waals surface area contributed by atoms with Crippen LogP contribution in [0.3, 0.4) is 0 Å². The summed E-state index contributed by atoms with van der Waals surface area (Å²) in [5.74, 6) is 3.70. The lowest BCUT2D eigenvalue weighted by molar-refractivity contribution is 0.185. The van der Waals surface area contributed by atoms with Gasteiger partial charge in [0.05, 0.1) is 6.10 Å². The SMILES string of the molecule is CCNc1cc(OC(C)CC(C)C)nc(C2CC2)n1. The van der Waals surface area contributed by atoms with E-state index in [4.69, 9.17) is 4.74 Å². The fourth-order valence-electron chi connectivity index (χ4n) is 2.22. The minimum absolute atomic E-state index is 0.191. The van der Waals surface area contributed by atoms with Crippen LogP contribution in [0.1, 0.15) is 58.7 Å². The van der Waals surface area contributed by atoms with E-state index in [2.05, 4.69) is 43.0 Å². The predicted molar refractivity (Wildman–Crippen MR) is 77.7 cm³/mol. The minimum Gasteiger partial charge on any atom is -0.474 e. The van der Waals surface area contributed by atoms with Gasteiger partial charge in [-0.25, -0.2) is 4.98 Å². The van der Waals surface area contributed by atoms with Crippen LogP contribution >= 0.6 is 0 Å². The van der Waals surface area contributed by atoms with Crippen LogP contribution in [0, 0.1) is 5.92 Å². The number of aromatic nitrogens is 2. The first-order valence-electron chi connectivity index (χ1n) is 7.38. The summed E-state index contributed by atoms with van der Waals surface area (Å²) < 4.78 is 5.94. The van der Waals surface area contributed by atoms with Crippen molar-refractivity contribution in [3.05, 3.63) is 11.9 Å². The monoisotopic (exact) mass is 263 g/mol. The quantitative estimate of drug-likeness (QED) is 0.816. The highest BCUT2D eigenvalue weighted by atomic mass is 16.5. The number of ether oxygens (including phenoxy) is 1. The number of nitrogens with one attached hydrogen (secondary N) is 1. The van der Waals surface area contributed by atoms with E-state index in [9.17, 15) is 0 Å². The lowest BCUT2D eigenvalue weighted by Gasteiger charge is -2.17. The molecule has 0 amide bonds. The normalized spacial score (nSPS) is 16.5. The molecule has 106 valence electrons. The fraction of sp³-hybridized carbons (Fsp3) is 0.733. The van der Waals surface area contributed by atoms with E-state index in [1.54, 1.807) is 0 Å². The molecule has 0 aliphatic heterocycles. The standard InChI is InChI=1S/C15H25N3O/c1-5-16-13-9-14(19-11(4)8-10(2)3)18-15(17-13)12-6-7-12/h9-12H,5-8H2,1-4H3,(H,16,17,18). The lowest BCUT2D eigenvalue weighted by atomic mass is 10.1. The number of hydrogen-bond acceptors (Lipinski definition) is 4. The summed E-state index contributed by atoms with van der Waals surface area (Å²) >= 11 is 0. The minimum atomic E-state index is 0.191. The summed E-state index contributed by atoms with van der Waals surface area (Å²) in [4.78, 5) is 9.10. The average molecular weight is 263 g/mol.